The van der Waals surface area contributed by atoms with Crippen LogP contribution in [-0.2, 0) is 0 Å². The molecule has 0 aliphatic carbocycles. The third-order valence-electron chi connectivity index (χ3n) is 3.52. The maximum atomic E-state index is 12.3. The number of nitrogens with zero attached hydrogens (tertiary/aromatic N) is 2. The molecule has 20 heavy (non-hydrogen) atoms. The Morgan fingerprint density at radius 1 is 1.10 bits per heavy atom. The number of rotatable bonds is 3. The maximum absolute atomic E-state index is 12.3. The predicted octanol–water partition coefficient (Wildman–Crippen LogP) is 2.42. The molecule has 1 atom stereocenters. The number of alkyl halides is 3. The Balaban J connectivity index is 1.90. The fraction of sp³-hybridized carbons (Fsp3) is 0.571. The fourth-order valence-electron chi connectivity index (χ4n) is 2.38. The zero-order chi connectivity index (χ0) is 14.8. The van der Waals surface area contributed by atoms with Gasteiger partial charge in [0.25, 0.3) is 0 Å². The van der Waals surface area contributed by atoms with Gasteiger partial charge in [-0.1, -0.05) is 12.1 Å². The molecule has 1 aromatic carbocycles. The summed E-state index contributed by atoms with van der Waals surface area (Å²) in [5, 5.41) is 9.44. The molecule has 1 fully saturated rings. The molecule has 0 spiro atoms. The van der Waals surface area contributed by atoms with Crippen LogP contribution in [0.3, 0.4) is 0 Å². The molecule has 0 unspecified atom stereocenters. The highest BCUT2D eigenvalue weighted by Crippen LogP contribution is 2.22. The van der Waals surface area contributed by atoms with Crippen LogP contribution in [0.4, 0.5) is 18.9 Å². The predicted molar refractivity (Wildman–Crippen MR) is 71.8 cm³/mol. The van der Waals surface area contributed by atoms with Crippen LogP contribution in [0.25, 0.3) is 0 Å². The molecular weight excluding hydrogens is 269 g/mol. The van der Waals surface area contributed by atoms with Crippen LogP contribution in [0.5, 0.6) is 0 Å². The van der Waals surface area contributed by atoms with Crippen molar-refractivity contribution < 1.29 is 18.3 Å². The van der Waals surface area contributed by atoms with Gasteiger partial charge in [0.05, 0.1) is 12.6 Å². The number of anilines is 1. The van der Waals surface area contributed by atoms with Crippen LogP contribution in [-0.4, -0.2) is 48.9 Å². The Morgan fingerprint density at radius 3 is 2.10 bits per heavy atom. The number of hydrogen-bond acceptors (Lipinski definition) is 3. The van der Waals surface area contributed by atoms with Crippen molar-refractivity contribution in [1.82, 2.24) is 4.90 Å². The van der Waals surface area contributed by atoms with E-state index in [1.165, 1.54) is 4.90 Å². The van der Waals surface area contributed by atoms with Crippen molar-refractivity contribution in [1.29, 1.82) is 0 Å². The van der Waals surface area contributed by atoms with Crippen molar-refractivity contribution in [2.45, 2.75) is 19.2 Å². The molecule has 2 rings (SSSR count). The third-order valence-corrected chi connectivity index (χ3v) is 3.52. The third kappa shape index (κ3) is 4.11. The number of aliphatic hydroxyl groups is 1. The second-order valence-electron chi connectivity index (χ2n) is 5.15. The number of hydrogen-bond donors (Lipinski definition) is 1. The lowest BCUT2D eigenvalue weighted by molar-refractivity contribution is -0.146. The van der Waals surface area contributed by atoms with E-state index in [1.807, 2.05) is 24.3 Å². The standard InChI is InChI=1S/C14H19F3N2O/c1-11(20)12-2-4-13(5-3-12)19-8-6-18(7-9-19)10-14(15,16)17/h2-5,11,20H,6-10H2,1H3/t11-/m1/s1. The van der Waals surface area contributed by atoms with Gasteiger partial charge in [-0.2, -0.15) is 13.2 Å². The lowest BCUT2D eigenvalue weighted by Gasteiger charge is -2.36. The highest BCUT2D eigenvalue weighted by molar-refractivity contribution is 5.48. The molecule has 1 aliphatic rings. The van der Waals surface area contributed by atoms with E-state index < -0.39 is 18.8 Å². The van der Waals surface area contributed by atoms with Crippen molar-refractivity contribution in [2.75, 3.05) is 37.6 Å². The summed E-state index contributed by atoms with van der Waals surface area (Å²) < 4.78 is 36.9. The normalized spacial score (nSPS) is 19.1. The average Bonchev–Trinajstić information content (AvgIpc) is 2.38. The molecule has 6 heteroatoms. The van der Waals surface area contributed by atoms with Crippen LogP contribution in [0.15, 0.2) is 24.3 Å². The molecule has 1 N–H and O–H groups in total. The van der Waals surface area contributed by atoms with E-state index in [0.717, 1.165) is 11.3 Å². The largest absolute Gasteiger partial charge is 0.401 e. The first kappa shape index (κ1) is 15.1. The molecule has 1 aromatic rings. The topological polar surface area (TPSA) is 26.7 Å². The molecule has 0 radical (unpaired) electrons. The van der Waals surface area contributed by atoms with Gasteiger partial charge >= 0.3 is 6.18 Å². The van der Waals surface area contributed by atoms with E-state index in [-0.39, 0.29) is 0 Å². The van der Waals surface area contributed by atoms with Gasteiger partial charge in [0.15, 0.2) is 0 Å². The maximum Gasteiger partial charge on any atom is 0.401 e. The summed E-state index contributed by atoms with van der Waals surface area (Å²) in [6.07, 6.45) is -4.63. The van der Waals surface area contributed by atoms with Crippen molar-refractivity contribution in [3.63, 3.8) is 0 Å². The van der Waals surface area contributed by atoms with Crippen LogP contribution in [0.1, 0.15) is 18.6 Å². The Morgan fingerprint density at radius 2 is 1.65 bits per heavy atom. The van der Waals surface area contributed by atoms with E-state index >= 15 is 0 Å². The van der Waals surface area contributed by atoms with Crippen LogP contribution in [0, 0.1) is 0 Å². The molecule has 0 bridgehead atoms. The molecule has 0 aromatic heterocycles. The highest BCUT2D eigenvalue weighted by Gasteiger charge is 2.32. The fourth-order valence-corrected chi connectivity index (χ4v) is 2.38. The second-order valence-corrected chi connectivity index (χ2v) is 5.15. The first-order chi connectivity index (χ1) is 9.35. The van der Waals surface area contributed by atoms with Crippen molar-refractivity contribution in [2.24, 2.45) is 0 Å². The average molecular weight is 288 g/mol. The molecule has 0 saturated carbocycles. The molecule has 3 nitrogen and oxygen atoms in total. The van der Waals surface area contributed by atoms with E-state index in [1.54, 1.807) is 6.92 Å². The minimum absolute atomic E-state index is 0.414. The van der Waals surface area contributed by atoms with E-state index in [2.05, 4.69) is 4.90 Å². The van der Waals surface area contributed by atoms with Gasteiger partial charge < -0.3 is 10.0 Å². The molecule has 1 saturated heterocycles. The van der Waals surface area contributed by atoms with Gasteiger partial charge in [-0.15, -0.1) is 0 Å². The SMILES string of the molecule is C[C@@H](O)c1ccc(N2CCN(CC(F)(F)F)CC2)cc1. The van der Waals surface area contributed by atoms with Crippen molar-refractivity contribution in [3.8, 4) is 0 Å². The smallest absolute Gasteiger partial charge is 0.389 e. The summed E-state index contributed by atoms with van der Waals surface area (Å²) in [6.45, 7) is 2.87. The molecular formula is C14H19F3N2O. The first-order valence-corrected chi connectivity index (χ1v) is 6.67. The first-order valence-electron chi connectivity index (χ1n) is 6.67. The van der Waals surface area contributed by atoms with Gasteiger partial charge in [-0.05, 0) is 24.6 Å². The Kier molecular flexibility index (Phi) is 4.55. The molecule has 0 amide bonds. The minimum atomic E-state index is -4.12. The number of halogens is 3. The summed E-state index contributed by atoms with van der Waals surface area (Å²) in [6, 6.07) is 7.51. The number of benzene rings is 1. The zero-order valence-electron chi connectivity index (χ0n) is 11.4. The quantitative estimate of drug-likeness (QED) is 0.925. The van der Waals surface area contributed by atoms with Crippen molar-refractivity contribution in [3.05, 3.63) is 29.8 Å². The van der Waals surface area contributed by atoms with Gasteiger partial charge in [0.1, 0.15) is 0 Å². The van der Waals surface area contributed by atoms with Gasteiger partial charge in [-0.25, -0.2) is 0 Å². The van der Waals surface area contributed by atoms with Crippen LogP contribution in [0.2, 0.25) is 0 Å². The van der Waals surface area contributed by atoms with Crippen LogP contribution >= 0.6 is 0 Å². The molecule has 1 heterocycles. The lowest BCUT2D eigenvalue weighted by atomic mass is 10.1. The van der Waals surface area contributed by atoms with E-state index in [0.29, 0.717) is 26.2 Å². The Bertz CT molecular complexity index is 423. The lowest BCUT2D eigenvalue weighted by Crippen LogP contribution is -2.49. The van der Waals surface area contributed by atoms with Gasteiger partial charge in [-0.3, -0.25) is 4.90 Å². The van der Waals surface area contributed by atoms with E-state index in [4.69, 9.17) is 0 Å². The molecule has 1 aliphatic heterocycles. The summed E-state index contributed by atoms with van der Waals surface area (Å²) >= 11 is 0. The number of aliphatic hydroxyl groups excluding tert-OH is 1. The summed E-state index contributed by atoms with van der Waals surface area (Å²) in [5.41, 5.74) is 1.82. The van der Waals surface area contributed by atoms with Crippen molar-refractivity contribution >= 4 is 5.69 Å². The summed E-state index contributed by atoms with van der Waals surface area (Å²) in [7, 11) is 0. The summed E-state index contributed by atoms with van der Waals surface area (Å²) in [5.74, 6) is 0. The highest BCUT2D eigenvalue weighted by atomic mass is 19.4. The Hall–Kier alpha value is -1.27. The zero-order valence-corrected chi connectivity index (χ0v) is 11.4. The second kappa shape index (κ2) is 6.01. The van der Waals surface area contributed by atoms with Crippen LogP contribution < -0.4 is 4.90 Å². The van der Waals surface area contributed by atoms with E-state index in [9.17, 15) is 18.3 Å². The summed E-state index contributed by atoms with van der Waals surface area (Å²) in [4.78, 5) is 3.50. The molecule has 112 valence electrons. The van der Waals surface area contributed by atoms with Gasteiger partial charge in [0.2, 0.25) is 0 Å². The minimum Gasteiger partial charge on any atom is -0.389 e. The van der Waals surface area contributed by atoms with Gasteiger partial charge in [0, 0.05) is 31.9 Å². The number of piperazine rings is 1. The monoisotopic (exact) mass is 288 g/mol. The Labute approximate surface area is 116 Å².